The van der Waals surface area contributed by atoms with Gasteiger partial charge >= 0.3 is 0 Å². The molecule has 0 spiro atoms. The Hall–Kier alpha value is -1.66. The number of nitro groups is 1. The second-order valence-corrected chi connectivity index (χ2v) is 10.5. The summed E-state index contributed by atoms with van der Waals surface area (Å²) in [4.78, 5) is 22.4. The summed E-state index contributed by atoms with van der Waals surface area (Å²) < 4.78 is 12.4. The first-order valence-corrected chi connectivity index (χ1v) is 11.4. The van der Waals surface area contributed by atoms with E-state index in [0.29, 0.717) is 11.3 Å². The van der Waals surface area contributed by atoms with E-state index in [1.807, 2.05) is 45.0 Å². The van der Waals surface area contributed by atoms with Gasteiger partial charge in [0.25, 0.3) is 5.69 Å². The van der Waals surface area contributed by atoms with Gasteiger partial charge in [0.1, 0.15) is 0 Å². The Kier molecular flexibility index (Phi) is 7.23. The summed E-state index contributed by atoms with van der Waals surface area (Å²) in [6.07, 6.45) is 0.466. The van der Waals surface area contributed by atoms with Crippen molar-refractivity contribution in [2.45, 2.75) is 42.8 Å². The number of aryl methyl sites for hydroxylation is 1. The Labute approximate surface area is 163 Å². The fourth-order valence-electron chi connectivity index (χ4n) is 2.46. The number of hydrogen-bond donors (Lipinski definition) is 2. The van der Waals surface area contributed by atoms with E-state index in [4.69, 9.17) is 0 Å². The fourth-order valence-corrected chi connectivity index (χ4v) is 5.11. The van der Waals surface area contributed by atoms with Crippen molar-refractivity contribution in [2.24, 2.45) is 5.92 Å². The SMILES string of the molecule is Cc1ccc(Sc2ccc(C(O)P(=O)(O)CCC(C)C)cc2[N+](=O)[O-])cc1. The van der Waals surface area contributed by atoms with Crippen LogP contribution in [0, 0.1) is 23.0 Å². The molecule has 0 aliphatic rings. The van der Waals surface area contributed by atoms with Crippen molar-refractivity contribution in [3.63, 3.8) is 0 Å². The topological polar surface area (TPSA) is 101 Å². The Morgan fingerprint density at radius 3 is 2.37 bits per heavy atom. The Bertz CT molecular complexity index is 854. The van der Waals surface area contributed by atoms with Gasteiger partial charge in [-0.25, -0.2) is 0 Å². The Balaban J connectivity index is 2.30. The van der Waals surface area contributed by atoms with Gasteiger partial charge in [0.05, 0.1) is 9.82 Å². The highest BCUT2D eigenvalue weighted by atomic mass is 32.2. The van der Waals surface area contributed by atoms with Crippen molar-refractivity contribution in [2.75, 3.05) is 6.16 Å². The molecule has 0 aromatic heterocycles. The number of aliphatic hydroxyl groups is 1. The van der Waals surface area contributed by atoms with Crippen LogP contribution in [0.4, 0.5) is 5.69 Å². The zero-order chi connectivity index (χ0) is 20.2. The van der Waals surface area contributed by atoms with E-state index in [1.54, 1.807) is 0 Å². The summed E-state index contributed by atoms with van der Waals surface area (Å²) in [6, 6.07) is 11.8. The van der Waals surface area contributed by atoms with E-state index in [9.17, 15) is 24.7 Å². The summed E-state index contributed by atoms with van der Waals surface area (Å²) in [5.74, 6) is -1.41. The molecule has 0 bridgehead atoms. The Morgan fingerprint density at radius 1 is 1.19 bits per heavy atom. The molecule has 2 N–H and O–H groups in total. The molecule has 8 heteroatoms. The summed E-state index contributed by atoms with van der Waals surface area (Å²) in [7, 11) is -3.87. The van der Waals surface area contributed by atoms with Crippen molar-refractivity contribution < 1.29 is 19.5 Å². The van der Waals surface area contributed by atoms with Crippen molar-refractivity contribution >= 4 is 24.8 Å². The van der Waals surface area contributed by atoms with E-state index < -0.39 is 18.1 Å². The number of benzene rings is 2. The highest BCUT2D eigenvalue weighted by Gasteiger charge is 2.32. The van der Waals surface area contributed by atoms with Crippen LogP contribution in [0.2, 0.25) is 0 Å². The summed E-state index contributed by atoms with van der Waals surface area (Å²) in [6.45, 7) is 5.81. The van der Waals surface area contributed by atoms with Gasteiger partial charge in [-0.05, 0) is 43.0 Å². The number of nitro benzene ring substituents is 1. The maximum absolute atomic E-state index is 12.4. The number of aliphatic hydroxyl groups excluding tert-OH is 1. The lowest BCUT2D eigenvalue weighted by Crippen LogP contribution is -2.05. The van der Waals surface area contributed by atoms with Crippen LogP contribution in [-0.2, 0) is 4.57 Å². The lowest BCUT2D eigenvalue weighted by atomic mass is 10.2. The molecule has 0 amide bonds. The molecule has 2 aromatic carbocycles. The molecule has 2 rings (SSSR count). The molecule has 0 fully saturated rings. The van der Waals surface area contributed by atoms with E-state index >= 15 is 0 Å². The number of hydrogen-bond acceptors (Lipinski definition) is 5. The minimum atomic E-state index is -3.87. The number of nitrogens with zero attached hydrogens (tertiary/aromatic N) is 1. The van der Waals surface area contributed by atoms with Crippen LogP contribution in [-0.4, -0.2) is 21.1 Å². The lowest BCUT2D eigenvalue weighted by molar-refractivity contribution is -0.387. The van der Waals surface area contributed by atoms with Crippen LogP contribution < -0.4 is 0 Å². The highest BCUT2D eigenvalue weighted by Crippen LogP contribution is 2.55. The Morgan fingerprint density at radius 2 is 1.81 bits per heavy atom. The molecule has 2 unspecified atom stereocenters. The van der Waals surface area contributed by atoms with E-state index in [1.165, 1.54) is 30.0 Å². The van der Waals surface area contributed by atoms with E-state index in [2.05, 4.69) is 0 Å². The van der Waals surface area contributed by atoms with Crippen LogP contribution in [0.1, 0.15) is 37.2 Å². The monoisotopic (exact) mass is 409 g/mol. The maximum Gasteiger partial charge on any atom is 0.283 e. The third-order valence-corrected chi connectivity index (χ3v) is 7.17. The largest absolute Gasteiger partial charge is 0.378 e. The second kappa shape index (κ2) is 9.02. The molecule has 0 heterocycles. The molecule has 0 aliphatic carbocycles. The molecule has 6 nitrogen and oxygen atoms in total. The molecule has 0 aliphatic heterocycles. The zero-order valence-corrected chi connectivity index (χ0v) is 17.2. The number of rotatable bonds is 8. The van der Waals surface area contributed by atoms with Gasteiger partial charge in [0, 0.05) is 17.1 Å². The maximum atomic E-state index is 12.4. The normalized spacial score (nSPS) is 14.7. The molecule has 27 heavy (non-hydrogen) atoms. The minimum absolute atomic E-state index is 0.0283. The van der Waals surface area contributed by atoms with Gasteiger partial charge in [0.15, 0.2) is 5.85 Å². The van der Waals surface area contributed by atoms with Crippen LogP contribution in [0.25, 0.3) is 0 Å². The van der Waals surface area contributed by atoms with Gasteiger partial charge in [-0.1, -0.05) is 49.4 Å². The molecule has 0 radical (unpaired) electrons. The van der Waals surface area contributed by atoms with Gasteiger partial charge in [-0.15, -0.1) is 0 Å². The van der Waals surface area contributed by atoms with E-state index in [0.717, 1.165) is 10.5 Å². The standard InChI is InChI=1S/C19H24NO5PS/c1-13(2)10-11-26(24,25)19(21)15-6-9-18(17(12-15)20(22)23)27-16-7-4-14(3)5-8-16/h4-9,12-13,19,21H,10-11H2,1-3H3,(H,24,25). The molecule has 0 saturated heterocycles. The van der Waals surface area contributed by atoms with Gasteiger partial charge in [-0.2, -0.15) is 0 Å². The molecule has 2 atom stereocenters. The average molecular weight is 409 g/mol. The fraction of sp³-hybridized carbons (Fsp3) is 0.368. The second-order valence-electron chi connectivity index (χ2n) is 6.93. The zero-order valence-electron chi connectivity index (χ0n) is 15.5. The highest BCUT2D eigenvalue weighted by molar-refractivity contribution is 7.99. The minimum Gasteiger partial charge on any atom is -0.378 e. The third-order valence-electron chi connectivity index (χ3n) is 4.14. The summed E-state index contributed by atoms with van der Waals surface area (Å²) in [5, 5.41) is 21.8. The molecule has 2 aromatic rings. The van der Waals surface area contributed by atoms with Gasteiger partial charge < -0.3 is 10.00 Å². The first-order valence-electron chi connectivity index (χ1n) is 8.62. The molecular weight excluding hydrogens is 385 g/mol. The molecule has 0 saturated carbocycles. The van der Waals surface area contributed by atoms with Gasteiger partial charge in [-0.3, -0.25) is 14.7 Å². The van der Waals surface area contributed by atoms with Crippen molar-refractivity contribution in [3.8, 4) is 0 Å². The molecule has 146 valence electrons. The van der Waals surface area contributed by atoms with Crippen molar-refractivity contribution in [1.82, 2.24) is 0 Å². The quantitative estimate of drug-likeness (QED) is 0.346. The summed E-state index contributed by atoms with van der Waals surface area (Å²) >= 11 is 1.24. The predicted molar refractivity (Wildman–Crippen MR) is 108 cm³/mol. The lowest BCUT2D eigenvalue weighted by Gasteiger charge is -2.19. The van der Waals surface area contributed by atoms with Crippen molar-refractivity contribution in [3.05, 3.63) is 63.7 Å². The smallest absolute Gasteiger partial charge is 0.283 e. The van der Waals surface area contributed by atoms with Gasteiger partial charge in [0.2, 0.25) is 7.37 Å². The summed E-state index contributed by atoms with van der Waals surface area (Å²) in [5.41, 5.74) is 0.984. The predicted octanol–water partition coefficient (Wildman–Crippen LogP) is 5.36. The first-order chi connectivity index (χ1) is 12.6. The van der Waals surface area contributed by atoms with Crippen molar-refractivity contribution in [1.29, 1.82) is 0 Å². The van der Waals surface area contributed by atoms with Crippen LogP contribution in [0.3, 0.4) is 0 Å². The van der Waals surface area contributed by atoms with E-state index in [-0.39, 0.29) is 23.3 Å². The average Bonchev–Trinajstić information content (AvgIpc) is 2.61. The van der Waals surface area contributed by atoms with Crippen LogP contribution in [0.5, 0.6) is 0 Å². The van der Waals surface area contributed by atoms with Crippen LogP contribution in [0.15, 0.2) is 52.3 Å². The first kappa shape index (κ1) is 21.6. The third kappa shape index (κ3) is 5.91. The van der Waals surface area contributed by atoms with Crippen LogP contribution >= 0.6 is 19.1 Å². The molecular formula is C19H24NO5PS.